The van der Waals surface area contributed by atoms with Crippen molar-refractivity contribution < 1.29 is 0 Å². The fourth-order valence-corrected chi connectivity index (χ4v) is 1.80. The number of rotatable bonds is 3. The zero-order valence-corrected chi connectivity index (χ0v) is 8.71. The summed E-state index contributed by atoms with van der Waals surface area (Å²) in [5.74, 6) is 0.692. The number of allylic oxidation sites excluding steroid dienone is 2. The predicted molar refractivity (Wildman–Crippen MR) is 58.1 cm³/mol. The van der Waals surface area contributed by atoms with Crippen LogP contribution in [-0.2, 0) is 0 Å². The largest absolute Gasteiger partial charge is 0.317 e. The van der Waals surface area contributed by atoms with Crippen molar-refractivity contribution in [1.82, 2.24) is 5.32 Å². The van der Waals surface area contributed by atoms with Crippen LogP contribution >= 0.6 is 0 Å². The average molecular weight is 180 g/mol. The molecule has 0 aromatic rings. The van der Waals surface area contributed by atoms with E-state index in [-0.39, 0.29) is 0 Å². The van der Waals surface area contributed by atoms with E-state index < -0.39 is 0 Å². The van der Waals surface area contributed by atoms with Crippen molar-refractivity contribution >= 4 is 6.21 Å². The van der Waals surface area contributed by atoms with E-state index in [9.17, 15) is 0 Å². The molecule has 1 aliphatic rings. The summed E-state index contributed by atoms with van der Waals surface area (Å²) in [7, 11) is 0. The molecular weight excluding hydrogens is 160 g/mol. The SMILES string of the molecule is CC=N/C(=C\CC)C1CCNCC1. The van der Waals surface area contributed by atoms with Crippen LogP contribution < -0.4 is 5.32 Å². The maximum absolute atomic E-state index is 4.45. The van der Waals surface area contributed by atoms with Crippen LogP contribution in [0, 0.1) is 5.92 Å². The molecule has 0 radical (unpaired) electrons. The van der Waals surface area contributed by atoms with E-state index in [1.165, 1.54) is 18.5 Å². The molecule has 1 N–H and O–H groups in total. The summed E-state index contributed by atoms with van der Waals surface area (Å²) in [6, 6.07) is 0. The lowest BCUT2D eigenvalue weighted by Crippen LogP contribution is -2.28. The molecule has 1 aliphatic heterocycles. The highest BCUT2D eigenvalue weighted by Crippen LogP contribution is 2.22. The molecule has 0 aliphatic carbocycles. The standard InChI is InChI=1S/C11H20N2/c1-3-5-11(13-4-2)10-6-8-12-9-7-10/h4-5,10,12H,3,6-9H2,1-2H3/b11-5-,13-4?. The summed E-state index contributed by atoms with van der Waals surface area (Å²) in [5, 5.41) is 3.37. The van der Waals surface area contributed by atoms with Crippen LogP contribution in [0.3, 0.4) is 0 Å². The lowest BCUT2D eigenvalue weighted by Gasteiger charge is -2.22. The molecule has 2 nitrogen and oxygen atoms in total. The summed E-state index contributed by atoms with van der Waals surface area (Å²) in [4.78, 5) is 4.45. The summed E-state index contributed by atoms with van der Waals surface area (Å²) in [6.07, 6.45) is 7.74. The van der Waals surface area contributed by atoms with Gasteiger partial charge in [-0.25, -0.2) is 0 Å². The van der Waals surface area contributed by atoms with Crippen LogP contribution in [0.5, 0.6) is 0 Å². The van der Waals surface area contributed by atoms with Crippen molar-refractivity contribution in [2.45, 2.75) is 33.1 Å². The summed E-state index contributed by atoms with van der Waals surface area (Å²) >= 11 is 0. The number of nitrogens with zero attached hydrogens (tertiary/aromatic N) is 1. The molecule has 0 bridgehead atoms. The van der Waals surface area contributed by atoms with Crippen LogP contribution in [0.2, 0.25) is 0 Å². The van der Waals surface area contributed by atoms with Crippen molar-refractivity contribution in [2.24, 2.45) is 10.9 Å². The number of aliphatic imine (C=N–C) groups is 1. The van der Waals surface area contributed by atoms with Crippen LogP contribution in [0.1, 0.15) is 33.1 Å². The zero-order valence-electron chi connectivity index (χ0n) is 8.71. The minimum atomic E-state index is 0.692. The first-order valence-electron chi connectivity index (χ1n) is 5.28. The number of hydrogen-bond acceptors (Lipinski definition) is 2. The first kappa shape index (κ1) is 10.5. The van der Waals surface area contributed by atoms with Crippen molar-refractivity contribution in [1.29, 1.82) is 0 Å². The van der Waals surface area contributed by atoms with E-state index in [2.05, 4.69) is 23.3 Å². The second-order valence-electron chi connectivity index (χ2n) is 3.45. The van der Waals surface area contributed by atoms with Gasteiger partial charge in [0.15, 0.2) is 0 Å². The molecule has 0 spiro atoms. The Bertz CT molecular complexity index is 188. The third-order valence-corrected chi connectivity index (χ3v) is 2.45. The van der Waals surface area contributed by atoms with Crippen molar-refractivity contribution in [3.63, 3.8) is 0 Å². The summed E-state index contributed by atoms with van der Waals surface area (Å²) < 4.78 is 0. The van der Waals surface area contributed by atoms with Gasteiger partial charge in [-0.3, -0.25) is 4.99 Å². The van der Waals surface area contributed by atoms with Gasteiger partial charge in [0, 0.05) is 17.8 Å². The number of hydrogen-bond donors (Lipinski definition) is 1. The molecule has 13 heavy (non-hydrogen) atoms. The van der Waals surface area contributed by atoms with Crippen molar-refractivity contribution in [3.05, 3.63) is 11.8 Å². The minimum Gasteiger partial charge on any atom is -0.317 e. The lowest BCUT2D eigenvalue weighted by atomic mass is 9.94. The second-order valence-corrected chi connectivity index (χ2v) is 3.45. The van der Waals surface area contributed by atoms with Gasteiger partial charge in [-0.05, 0) is 39.3 Å². The normalized spacial score (nSPS) is 21.2. The molecule has 1 fully saturated rings. The van der Waals surface area contributed by atoms with Gasteiger partial charge >= 0.3 is 0 Å². The van der Waals surface area contributed by atoms with E-state index in [0.29, 0.717) is 5.92 Å². The van der Waals surface area contributed by atoms with Gasteiger partial charge in [0.2, 0.25) is 0 Å². The molecule has 1 heterocycles. The maximum atomic E-state index is 4.45. The predicted octanol–water partition coefficient (Wildman–Crippen LogP) is 2.37. The zero-order chi connectivity index (χ0) is 9.52. The fraction of sp³-hybridized carbons (Fsp3) is 0.727. The van der Waals surface area contributed by atoms with Gasteiger partial charge in [0.05, 0.1) is 0 Å². The van der Waals surface area contributed by atoms with Crippen molar-refractivity contribution in [2.75, 3.05) is 13.1 Å². The van der Waals surface area contributed by atoms with Crippen LogP contribution in [-0.4, -0.2) is 19.3 Å². The number of piperidine rings is 1. The first-order valence-corrected chi connectivity index (χ1v) is 5.28. The molecule has 0 amide bonds. The summed E-state index contributed by atoms with van der Waals surface area (Å²) in [6.45, 7) is 6.45. The molecule has 74 valence electrons. The fourth-order valence-electron chi connectivity index (χ4n) is 1.80. The second kappa shape index (κ2) is 5.92. The van der Waals surface area contributed by atoms with Gasteiger partial charge in [0.1, 0.15) is 0 Å². The molecule has 0 saturated carbocycles. The van der Waals surface area contributed by atoms with Gasteiger partial charge in [0.25, 0.3) is 0 Å². The van der Waals surface area contributed by atoms with E-state index in [4.69, 9.17) is 0 Å². The Morgan fingerprint density at radius 3 is 2.69 bits per heavy atom. The molecule has 1 saturated heterocycles. The molecule has 0 aromatic heterocycles. The molecule has 1 rings (SSSR count). The van der Waals surface area contributed by atoms with Crippen LogP contribution in [0.15, 0.2) is 16.8 Å². The smallest absolute Gasteiger partial charge is 0.0391 e. The highest BCUT2D eigenvalue weighted by atomic mass is 14.9. The Balaban J connectivity index is 2.57. The Morgan fingerprint density at radius 1 is 1.46 bits per heavy atom. The molecular formula is C11H20N2. The first-order chi connectivity index (χ1) is 6.38. The van der Waals surface area contributed by atoms with E-state index in [0.717, 1.165) is 19.5 Å². The Morgan fingerprint density at radius 2 is 2.15 bits per heavy atom. The van der Waals surface area contributed by atoms with Crippen LogP contribution in [0.4, 0.5) is 0 Å². The van der Waals surface area contributed by atoms with Gasteiger partial charge in [-0.2, -0.15) is 0 Å². The highest BCUT2D eigenvalue weighted by molar-refractivity contribution is 5.55. The Kier molecular flexibility index (Phi) is 4.76. The van der Waals surface area contributed by atoms with E-state index in [1.54, 1.807) is 0 Å². The molecule has 0 atom stereocenters. The van der Waals surface area contributed by atoms with Gasteiger partial charge in [-0.1, -0.05) is 13.0 Å². The highest BCUT2D eigenvalue weighted by Gasteiger charge is 2.15. The third kappa shape index (κ3) is 3.31. The Hall–Kier alpha value is -0.630. The molecule has 0 aromatic carbocycles. The minimum absolute atomic E-state index is 0.692. The average Bonchev–Trinajstić information content (AvgIpc) is 2.19. The quantitative estimate of drug-likeness (QED) is 0.662. The Labute approximate surface area is 81.1 Å². The van der Waals surface area contributed by atoms with E-state index >= 15 is 0 Å². The number of nitrogens with one attached hydrogen (secondary N) is 1. The third-order valence-electron chi connectivity index (χ3n) is 2.45. The van der Waals surface area contributed by atoms with E-state index in [1.807, 2.05) is 13.1 Å². The lowest BCUT2D eigenvalue weighted by molar-refractivity contribution is 0.417. The topological polar surface area (TPSA) is 24.4 Å². The molecule has 2 heteroatoms. The molecule has 0 unspecified atom stereocenters. The monoisotopic (exact) mass is 180 g/mol. The van der Waals surface area contributed by atoms with Gasteiger partial charge < -0.3 is 5.32 Å². The van der Waals surface area contributed by atoms with Crippen LogP contribution in [0.25, 0.3) is 0 Å². The summed E-state index contributed by atoms with van der Waals surface area (Å²) in [5.41, 5.74) is 1.30. The maximum Gasteiger partial charge on any atom is 0.0391 e. The van der Waals surface area contributed by atoms with Gasteiger partial charge in [-0.15, -0.1) is 0 Å². The van der Waals surface area contributed by atoms with Crippen molar-refractivity contribution in [3.8, 4) is 0 Å².